The van der Waals surface area contributed by atoms with Gasteiger partial charge in [0.15, 0.2) is 0 Å². The van der Waals surface area contributed by atoms with Crippen LogP contribution < -0.4 is 0 Å². The normalized spacial score (nSPS) is 10.9. The van der Waals surface area contributed by atoms with Crippen LogP contribution in [0, 0.1) is 0 Å². The van der Waals surface area contributed by atoms with Crippen molar-refractivity contribution in [3.63, 3.8) is 0 Å². The van der Waals surface area contributed by atoms with Crippen molar-refractivity contribution in [2.45, 2.75) is 6.54 Å². The number of carbonyl (C=O) groups is 2. The van der Waals surface area contributed by atoms with Crippen LogP contribution in [0.3, 0.4) is 0 Å². The van der Waals surface area contributed by atoms with Gasteiger partial charge in [0.2, 0.25) is 0 Å². The third-order valence-corrected chi connectivity index (χ3v) is 3.02. The van der Waals surface area contributed by atoms with Gasteiger partial charge in [0, 0.05) is 32.9 Å². The Morgan fingerprint density at radius 1 is 1.33 bits per heavy atom. The minimum Gasteiger partial charge on any atom is -0.480 e. The number of methoxy groups -OCH3 is 1. The highest BCUT2D eigenvalue weighted by molar-refractivity contribution is 5.94. The predicted molar refractivity (Wildman–Crippen MR) is 78.4 cm³/mol. The number of aromatic nitrogens is 1. The highest BCUT2D eigenvalue weighted by Crippen LogP contribution is 2.07. The molecule has 0 aliphatic carbocycles. The summed E-state index contributed by atoms with van der Waals surface area (Å²) in [4.78, 5) is 26.7. The van der Waals surface area contributed by atoms with E-state index in [2.05, 4.69) is 0 Å². The number of hydrogen-bond acceptors (Lipinski definition) is 4. The summed E-state index contributed by atoms with van der Waals surface area (Å²) < 4.78 is 6.78. The smallest absolute Gasteiger partial charge is 0.323 e. The van der Waals surface area contributed by atoms with Gasteiger partial charge in [0.25, 0.3) is 5.91 Å². The zero-order valence-corrected chi connectivity index (χ0v) is 12.8. The Balaban J connectivity index is 2.83. The van der Waals surface area contributed by atoms with Crippen molar-refractivity contribution in [3.8, 4) is 0 Å². The lowest BCUT2D eigenvalue weighted by molar-refractivity contribution is -0.137. The molecule has 21 heavy (non-hydrogen) atoms. The van der Waals surface area contributed by atoms with Gasteiger partial charge in [-0.05, 0) is 26.2 Å². The van der Waals surface area contributed by atoms with E-state index in [4.69, 9.17) is 9.84 Å². The highest BCUT2D eigenvalue weighted by Gasteiger charge is 2.21. The minimum absolute atomic E-state index is 0.277. The fourth-order valence-corrected chi connectivity index (χ4v) is 1.89. The van der Waals surface area contributed by atoms with E-state index in [0.29, 0.717) is 31.9 Å². The van der Waals surface area contributed by atoms with Crippen molar-refractivity contribution < 1.29 is 19.4 Å². The zero-order chi connectivity index (χ0) is 15.8. The van der Waals surface area contributed by atoms with Crippen LogP contribution in [-0.2, 0) is 16.1 Å². The molecular weight excluding hydrogens is 274 g/mol. The molecule has 0 aromatic carbocycles. The number of rotatable bonds is 9. The van der Waals surface area contributed by atoms with Crippen LogP contribution in [0.25, 0.3) is 0 Å². The maximum absolute atomic E-state index is 12.5. The predicted octanol–water partition coefficient (Wildman–Crippen LogP) is 0.223. The van der Waals surface area contributed by atoms with E-state index in [1.54, 1.807) is 30.0 Å². The fraction of sp³-hybridized carbons (Fsp3) is 0.571. The summed E-state index contributed by atoms with van der Waals surface area (Å²) in [6.45, 7) is 1.72. The van der Waals surface area contributed by atoms with E-state index in [9.17, 15) is 9.59 Å². The molecule has 0 saturated carbocycles. The van der Waals surface area contributed by atoms with Crippen LogP contribution in [0.2, 0.25) is 0 Å². The summed E-state index contributed by atoms with van der Waals surface area (Å²) in [5, 5.41) is 8.97. The second-order valence-corrected chi connectivity index (χ2v) is 5.00. The van der Waals surface area contributed by atoms with Gasteiger partial charge < -0.3 is 24.2 Å². The third-order valence-electron chi connectivity index (χ3n) is 3.02. The molecule has 0 spiro atoms. The van der Waals surface area contributed by atoms with E-state index in [1.807, 2.05) is 19.0 Å². The molecule has 1 heterocycles. The number of likely N-dealkylation sites (N-methyl/N-ethyl adjacent to an activating group) is 1. The standard InChI is InChI=1S/C14H23N3O4/c1-15(2)7-8-17(11-13(18)19)14(20)12-5-4-6-16(12)9-10-21-3/h4-6H,7-11H2,1-3H3,(H,18,19). The number of carbonyl (C=O) groups excluding carboxylic acids is 1. The number of hydrogen-bond donors (Lipinski definition) is 1. The molecule has 7 heteroatoms. The monoisotopic (exact) mass is 297 g/mol. The second kappa shape index (κ2) is 8.43. The van der Waals surface area contributed by atoms with Crippen molar-refractivity contribution in [2.75, 3.05) is 47.4 Å². The van der Waals surface area contributed by atoms with Crippen molar-refractivity contribution in [2.24, 2.45) is 0 Å². The summed E-state index contributed by atoms with van der Waals surface area (Å²) in [6.07, 6.45) is 1.79. The number of carboxylic acid groups (broad SMARTS) is 1. The summed E-state index contributed by atoms with van der Waals surface area (Å²) >= 11 is 0. The molecule has 1 N–H and O–H groups in total. The number of ether oxygens (including phenoxy) is 1. The molecule has 0 radical (unpaired) electrons. The number of amides is 1. The maximum atomic E-state index is 12.5. The zero-order valence-electron chi connectivity index (χ0n) is 12.8. The average molecular weight is 297 g/mol. The first kappa shape index (κ1) is 17.2. The lowest BCUT2D eigenvalue weighted by Crippen LogP contribution is -2.40. The van der Waals surface area contributed by atoms with Gasteiger partial charge in [-0.15, -0.1) is 0 Å². The molecule has 1 aromatic rings. The summed E-state index contributed by atoms with van der Waals surface area (Å²) in [6, 6.07) is 3.47. The molecule has 1 aromatic heterocycles. The van der Waals surface area contributed by atoms with Crippen molar-refractivity contribution in [1.29, 1.82) is 0 Å². The topological polar surface area (TPSA) is 75.0 Å². The van der Waals surface area contributed by atoms with Crippen LogP contribution in [0.4, 0.5) is 0 Å². The van der Waals surface area contributed by atoms with Crippen LogP contribution in [-0.4, -0.2) is 78.8 Å². The van der Waals surface area contributed by atoms with Gasteiger partial charge in [-0.3, -0.25) is 9.59 Å². The second-order valence-electron chi connectivity index (χ2n) is 5.00. The van der Waals surface area contributed by atoms with Gasteiger partial charge in [0.1, 0.15) is 12.2 Å². The van der Waals surface area contributed by atoms with Crippen LogP contribution in [0.5, 0.6) is 0 Å². The van der Waals surface area contributed by atoms with Gasteiger partial charge in [-0.1, -0.05) is 0 Å². The molecular formula is C14H23N3O4. The Hall–Kier alpha value is -1.86. The Bertz CT molecular complexity index is 471. The molecule has 0 saturated heterocycles. The fourth-order valence-electron chi connectivity index (χ4n) is 1.89. The van der Waals surface area contributed by atoms with Crippen LogP contribution in [0.1, 0.15) is 10.5 Å². The molecule has 1 rings (SSSR count). The maximum Gasteiger partial charge on any atom is 0.323 e. The first-order chi connectivity index (χ1) is 9.95. The molecule has 0 atom stereocenters. The van der Waals surface area contributed by atoms with Crippen LogP contribution >= 0.6 is 0 Å². The molecule has 0 unspecified atom stereocenters. The van der Waals surface area contributed by atoms with Crippen molar-refractivity contribution in [1.82, 2.24) is 14.4 Å². The highest BCUT2D eigenvalue weighted by atomic mass is 16.5. The number of aliphatic carboxylic acids is 1. The van der Waals surface area contributed by atoms with Crippen LogP contribution in [0.15, 0.2) is 18.3 Å². The van der Waals surface area contributed by atoms with E-state index in [0.717, 1.165) is 0 Å². The Morgan fingerprint density at radius 2 is 2.05 bits per heavy atom. The SMILES string of the molecule is COCCn1cccc1C(=O)N(CCN(C)C)CC(=O)O. The van der Waals surface area contributed by atoms with E-state index >= 15 is 0 Å². The van der Waals surface area contributed by atoms with Crippen molar-refractivity contribution >= 4 is 11.9 Å². The van der Waals surface area contributed by atoms with Gasteiger partial charge in [-0.25, -0.2) is 0 Å². The Kier molecular flexibility index (Phi) is 6.90. The number of carboxylic acids is 1. The quantitative estimate of drug-likeness (QED) is 0.706. The molecule has 0 aliphatic heterocycles. The molecule has 118 valence electrons. The Labute approximate surface area is 124 Å². The first-order valence-corrected chi connectivity index (χ1v) is 6.75. The molecule has 0 fully saturated rings. The summed E-state index contributed by atoms with van der Waals surface area (Å²) in [5.41, 5.74) is 0.479. The van der Waals surface area contributed by atoms with E-state index in [1.165, 1.54) is 4.90 Å². The largest absolute Gasteiger partial charge is 0.480 e. The Morgan fingerprint density at radius 3 is 2.62 bits per heavy atom. The van der Waals surface area contributed by atoms with Gasteiger partial charge in [0.05, 0.1) is 6.61 Å². The summed E-state index contributed by atoms with van der Waals surface area (Å²) in [5.74, 6) is -1.29. The lowest BCUT2D eigenvalue weighted by atomic mass is 10.3. The minimum atomic E-state index is -1.02. The molecule has 7 nitrogen and oxygen atoms in total. The number of nitrogens with zero attached hydrogens (tertiary/aromatic N) is 3. The first-order valence-electron chi connectivity index (χ1n) is 6.75. The molecule has 0 bridgehead atoms. The van der Waals surface area contributed by atoms with E-state index < -0.39 is 5.97 Å². The third kappa shape index (κ3) is 5.57. The van der Waals surface area contributed by atoms with E-state index in [-0.39, 0.29) is 12.5 Å². The van der Waals surface area contributed by atoms with Gasteiger partial charge in [-0.2, -0.15) is 0 Å². The molecule has 0 aliphatic rings. The lowest BCUT2D eigenvalue weighted by Gasteiger charge is -2.23. The summed E-state index contributed by atoms with van der Waals surface area (Å²) in [7, 11) is 5.36. The average Bonchev–Trinajstić information content (AvgIpc) is 2.88. The van der Waals surface area contributed by atoms with Crippen molar-refractivity contribution in [3.05, 3.63) is 24.0 Å². The van der Waals surface area contributed by atoms with Gasteiger partial charge >= 0.3 is 5.97 Å². The molecule has 1 amide bonds.